The van der Waals surface area contributed by atoms with Crippen molar-refractivity contribution in [2.45, 2.75) is 20.3 Å². The van der Waals surface area contributed by atoms with Crippen LogP contribution in [0.2, 0.25) is 0 Å². The summed E-state index contributed by atoms with van der Waals surface area (Å²) in [5.74, 6) is -1.01. The molecule has 0 fully saturated rings. The zero-order valence-electron chi connectivity index (χ0n) is 16.5. The summed E-state index contributed by atoms with van der Waals surface area (Å²) < 4.78 is 0. The van der Waals surface area contributed by atoms with Gasteiger partial charge in [0.05, 0.1) is 4.92 Å². The summed E-state index contributed by atoms with van der Waals surface area (Å²) in [6, 6.07) is 12.0. The lowest BCUT2D eigenvalue weighted by molar-refractivity contribution is -0.384. The number of anilines is 1. The number of carbonyl (C=O) groups is 3. The van der Waals surface area contributed by atoms with Crippen molar-refractivity contribution in [2.24, 2.45) is 5.92 Å². The maximum absolute atomic E-state index is 12.1. The van der Waals surface area contributed by atoms with Crippen LogP contribution in [0.5, 0.6) is 0 Å². The summed E-state index contributed by atoms with van der Waals surface area (Å²) in [5.41, 5.74) is 5.74. The number of amides is 3. The second-order valence-electron chi connectivity index (χ2n) is 6.85. The van der Waals surface area contributed by atoms with Crippen molar-refractivity contribution in [1.29, 1.82) is 0 Å². The van der Waals surface area contributed by atoms with E-state index < -0.39 is 16.7 Å². The molecule has 2 aromatic rings. The van der Waals surface area contributed by atoms with Crippen LogP contribution in [-0.2, 0) is 9.59 Å². The predicted molar refractivity (Wildman–Crippen MR) is 112 cm³/mol. The Kier molecular flexibility index (Phi) is 7.81. The molecule has 0 aliphatic rings. The molecule has 0 radical (unpaired) electrons. The summed E-state index contributed by atoms with van der Waals surface area (Å²) in [4.78, 5) is 45.9. The van der Waals surface area contributed by atoms with Crippen molar-refractivity contribution in [3.8, 4) is 0 Å². The molecule has 0 heterocycles. The molecule has 30 heavy (non-hydrogen) atoms. The fourth-order valence-electron chi connectivity index (χ4n) is 2.43. The summed E-state index contributed by atoms with van der Waals surface area (Å²) in [6.45, 7) is 3.89. The first-order valence-corrected chi connectivity index (χ1v) is 9.17. The second kappa shape index (κ2) is 10.5. The van der Waals surface area contributed by atoms with Gasteiger partial charge in [0.1, 0.15) is 0 Å². The van der Waals surface area contributed by atoms with Crippen LogP contribution in [0.25, 0.3) is 6.08 Å². The van der Waals surface area contributed by atoms with Gasteiger partial charge < -0.3 is 5.32 Å². The number of nitro benzene ring substituents is 1. The Morgan fingerprint density at radius 2 is 1.77 bits per heavy atom. The van der Waals surface area contributed by atoms with Gasteiger partial charge in [0.25, 0.3) is 17.5 Å². The van der Waals surface area contributed by atoms with Crippen LogP contribution in [0.1, 0.15) is 36.2 Å². The van der Waals surface area contributed by atoms with Gasteiger partial charge in [-0.15, -0.1) is 0 Å². The van der Waals surface area contributed by atoms with Gasteiger partial charge in [0.15, 0.2) is 0 Å². The molecule has 0 saturated carbocycles. The zero-order chi connectivity index (χ0) is 22.1. The highest BCUT2D eigenvalue weighted by Gasteiger charge is 2.09. The normalized spacial score (nSPS) is 10.6. The first kappa shape index (κ1) is 22.3. The minimum Gasteiger partial charge on any atom is -0.326 e. The van der Waals surface area contributed by atoms with Crippen LogP contribution in [0.15, 0.2) is 54.6 Å². The van der Waals surface area contributed by atoms with Crippen molar-refractivity contribution in [2.75, 3.05) is 5.32 Å². The number of carbonyl (C=O) groups excluding carboxylic acids is 3. The number of hydrogen-bond acceptors (Lipinski definition) is 5. The molecule has 0 bridgehead atoms. The molecule has 2 aromatic carbocycles. The van der Waals surface area contributed by atoms with Gasteiger partial charge in [-0.05, 0) is 41.8 Å². The Morgan fingerprint density at radius 3 is 2.40 bits per heavy atom. The monoisotopic (exact) mass is 410 g/mol. The molecule has 0 aliphatic heterocycles. The number of nitrogens with one attached hydrogen (secondary N) is 3. The molecule has 9 nitrogen and oxygen atoms in total. The van der Waals surface area contributed by atoms with Gasteiger partial charge in [0, 0.05) is 35.9 Å². The quantitative estimate of drug-likeness (QED) is 0.367. The lowest BCUT2D eigenvalue weighted by Crippen LogP contribution is -2.40. The van der Waals surface area contributed by atoms with Gasteiger partial charge in [-0.3, -0.25) is 35.3 Å². The predicted octanol–water partition coefficient (Wildman–Crippen LogP) is 3.05. The van der Waals surface area contributed by atoms with E-state index in [2.05, 4.69) is 16.2 Å². The van der Waals surface area contributed by atoms with Crippen LogP contribution in [0.4, 0.5) is 11.4 Å². The number of hydrogen-bond donors (Lipinski definition) is 3. The minimum atomic E-state index is -0.604. The number of nitro groups is 1. The summed E-state index contributed by atoms with van der Waals surface area (Å²) in [7, 11) is 0. The van der Waals surface area contributed by atoms with E-state index in [9.17, 15) is 24.5 Å². The van der Waals surface area contributed by atoms with E-state index >= 15 is 0 Å². The highest BCUT2D eigenvalue weighted by atomic mass is 16.6. The van der Waals surface area contributed by atoms with Crippen molar-refractivity contribution in [3.05, 3.63) is 75.8 Å². The van der Waals surface area contributed by atoms with Gasteiger partial charge in [-0.25, -0.2) is 0 Å². The number of nitrogens with zero attached hydrogens (tertiary/aromatic N) is 1. The lowest BCUT2D eigenvalue weighted by atomic mass is 10.1. The minimum absolute atomic E-state index is 0.0882. The van der Waals surface area contributed by atoms with Crippen LogP contribution in [0.3, 0.4) is 0 Å². The van der Waals surface area contributed by atoms with Crippen LogP contribution < -0.4 is 16.2 Å². The molecule has 3 amide bonds. The SMILES string of the molecule is CC(C)CC(=O)Nc1ccc(C(=O)NNC(=O)/C=C/c2cccc([N+](=O)[O-])c2)cc1. The molecule has 0 aliphatic carbocycles. The fraction of sp³-hybridized carbons (Fsp3) is 0.190. The smallest absolute Gasteiger partial charge is 0.270 e. The van der Waals surface area contributed by atoms with Crippen molar-refractivity contribution in [3.63, 3.8) is 0 Å². The number of non-ortho nitro benzene ring substituents is 1. The Balaban J connectivity index is 1.86. The maximum Gasteiger partial charge on any atom is 0.270 e. The van der Waals surface area contributed by atoms with Crippen molar-refractivity contribution in [1.82, 2.24) is 10.9 Å². The fourth-order valence-corrected chi connectivity index (χ4v) is 2.43. The highest BCUT2D eigenvalue weighted by Crippen LogP contribution is 2.14. The first-order chi connectivity index (χ1) is 14.2. The number of benzene rings is 2. The molecular formula is C21H22N4O5. The molecule has 0 unspecified atom stereocenters. The Labute approximate surface area is 173 Å². The van der Waals surface area contributed by atoms with Crippen LogP contribution in [-0.4, -0.2) is 22.6 Å². The van der Waals surface area contributed by atoms with E-state index in [4.69, 9.17) is 0 Å². The van der Waals surface area contributed by atoms with Crippen molar-refractivity contribution < 1.29 is 19.3 Å². The first-order valence-electron chi connectivity index (χ1n) is 9.17. The largest absolute Gasteiger partial charge is 0.326 e. The maximum atomic E-state index is 12.1. The third-order valence-corrected chi connectivity index (χ3v) is 3.83. The van der Waals surface area contributed by atoms with E-state index in [0.717, 1.165) is 6.08 Å². The third kappa shape index (κ3) is 7.19. The molecule has 2 rings (SSSR count). The highest BCUT2D eigenvalue weighted by molar-refractivity contribution is 5.98. The Hall–Kier alpha value is -4.01. The average Bonchev–Trinajstić information content (AvgIpc) is 2.70. The zero-order valence-corrected chi connectivity index (χ0v) is 16.5. The molecule has 0 saturated heterocycles. The Bertz CT molecular complexity index is 968. The standard InChI is InChI=1S/C21H22N4O5/c1-14(2)12-20(27)22-17-9-7-16(8-10-17)21(28)24-23-19(26)11-6-15-4-3-5-18(13-15)25(29)30/h3-11,13-14H,12H2,1-2H3,(H,22,27)(H,23,26)(H,24,28)/b11-6+. The summed E-state index contributed by atoms with van der Waals surface area (Å²) in [5, 5.41) is 13.5. The van der Waals surface area contributed by atoms with Gasteiger partial charge in [-0.1, -0.05) is 26.0 Å². The van der Waals surface area contributed by atoms with Crippen molar-refractivity contribution >= 4 is 35.2 Å². The molecular weight excluding hydrogens is 388 g/mol. The van der Waals surface area contributed by atoms with Gasteiger partial charge >= 0.3 is 0 Å². The van der Waals surface area contributed by atoms with E-state index in [0.29, 0.717) is 23.2 Å². The summed E-state index contributed by atoms with van der Waals surface area (Å²) in [6.07, 6.45) is 2.94. The lowest BCUT2D eigenvalue weighted by Gasteiger charge is -2.08. The topological polar surface area (TPSA) is 130 Å². The van der Waals surface area contributed by atoms with E-state index in [1.165, 1.54) is 36.4 Å². The molecule has 0 spiro atoms. The van der Waals surface area contributed by atoms with E-state index in [-0.39, 0.29) is 17.5 Å². The molecule has 156 valence electrons. The molecule has 3 N–H and O–H groups in total. The third-order valence-electron chi connectivity index (χ3n) is 3.83. The second-order valence-corrected chi connectivity index (χ2v) is 6.85. The average molecular weight is 410 g/mol. The molecule has 9 heteroatoms. The number of rotatable bonds is 7. The number of hydrazine groups is 1. The van der Waals surface area contributed by atoms with E-state index in [1.807, 2.05) is 13.8 Å². The van der Waals surface area contributed by atoms with Gasteiger partial charge in [-0.2, -0.15) is 0 Å². The van der Waals surface area contributed by atoms with Gasteiger partial charge in [0.2, 0.25) is 5.91 Å². The molecule has 0 aromatic heterocycles. The molecule has 0 atom stereocenters. The van der Waals surface area contributed by atoms with Crippen LogP contribution in [0, 0.1) is 16.0 Å². The summed E-state index contributed by atoms with van der Waals surface area (Å²) >= 11 is 0. The van der Waals surface area contributed by atoms with E-state index in [1.54, 1.807) is 18.2 Å². The Morgan fingerprint density at radius 1 is 1.07 bits per heavy atom. The van der Waals surface area contributed by atoms with Crippen LogP contribution >= 0.6 is 0 Å².